The summed E-state index contributed by atoms with van der Waals surface area (Å²) in [6.07, 6.45) is 7.16. The predicted octanol–water partition coefficient (Wildman–Crippen LogP) is 2.18. The van der Waals surface area contributed by atoms with E-state index in [-0.39, 0.29) is 6.10 Å². The molecule has 2 aliphatic rings. The van der Waals surface area contributed by atoms with E-state index in [1.165, 1.54) is 6.42 Å². The van der Waals surface area contributed by atoms with Crippen molar-refractivity contribution >= 4 is 5.97 Å². The lowest BCUT2D eigenvalue weighted by molar-refractivity contribution is -0.147. The van der Waals surface area contributed by atoms with Gasteiger partial charge < -0.3 is 9.84 Å². The van der Waals surface area contributed by atoms with Crippen molar-refractivity contribution < 1.29 is 14.6 Å². The van der Waals surface area contributed by atoms with Gasteiger partial charge in [-0.05, 0) is 31.6 Å². The van der Waals surface area contributed by atoms with E-state index in [9.17, 15) is 9.90 Å². The van der Waals surface area contributed by atoms with E-state index < -0.39 is 11.5 Å². The number of rotatable bonds is 5. The molecule has 0 spiro atoms. The highest BCUT2D eigenvalue weighted by Crippen LogP contribution is 2.34. The molecule has 0 radical (unpaired) electrons. The molecule has 2 fully saturated rings. The van der Waals surface area contributed by atoms with Crippen molar-refractivity contribution in [3.63, 3.8) is 0 Å². The second kappa shape index (κ2) is 6.02. The summed E-state index contributed by atoms with van der Waals surface area (Å²) in [7, 11) is 0. The smallest absolute Gasteiger partial charge is 0.323 e. The van der Waals surface area contributed by atoms with Gasteiger partial charge in [0, 0.05) is 13.2 Å². The van der Waals surface area contributed by atoms with E-state index in [2.05, 4.69) is 12.2 Å². The van der Waals surface area contributed by atoms with Crippen LogP contribution in [0.25, 0.3) is 0 Å². The third kappa shape index (κ3) is 3.04. The Morgan fingerprint density at radius 1 is 1.44 bits per heavy atom. The minimum Gasteiger partial charge on any atom is -0.480 e. The lowest BCUT2D eigenvalue weighted by Crippen LogP contribution is -2.56. The standard InChI is InChI=1S/C14H25NO3/c1-2-11-5-3-7-14(9-11,13(16)17)15-10-12-6-4-8-18-12/h11-12,15H,2-10H2,1H3,(H,16,17). The summed E-state index contributed by atoms with van der Waals surface area (Å²) in [5.74, 6) is -0.134. The molecule has 2 N–H and O–H groups in total. The third-order valence-electron chi connectivity index (χ3n) is 4.53. The van der Waals surface area contributed by atoms with Crippen LogP contribution in [0.1, 0.15) is 51.9 Å². The largest absolute Gasteiger partial charge is 0.480 e. The molecule has 2 rings (SSSR count). The monoisotopic (exact) mass is 255 g/mol. The topological polar surface area (TPSA) is 58.6 Å². The van der Waals surface area contributed by atoms with Crippen LogP contribution in [0.3, 0.4) is 0 Å². The lowest BCUT2D eigenvalue weighted by atomic mass is 9.74. The first-order chi connectivity index (χ1) is 8.66. The van der Waals surface area contributed by atoms with Gasteiger partial charge in [0.25, 0.3) is 0 Å². The number of carbonyl (C=O) groups is 1. The molecule has 4 heteroatoms. The van der Waals surface area contributed by atoms with Crippen LogP contribution in [0.5, 0.6) is 0 Å². The lowest BCUT2D eigenvalue weighted by Gasteiger charge is -2.38. The molecular weight excluding hydrogens is 230 g/mol. The SMILES string of the molecule is CCC1CCCC(NCC2CCCO2)(C(=O)O)C1. The van der Waals surface area contributed by atoms with Gasteiger partial charge >= 0.3 is 5.97 Å². The van der Waals surface area contributed by atoms with Gasteiger partial charge in [-0.3, -0.25) is 10.1 Å². The van der Waals surface area contributed by atoms with Gasteiger partial charge in [-0.1, -0.05) is 26.2 Å². The number of aliphatic carboxylic acids is 1. The molecule has 1 saturated carbocycles. The Bertz CT molecular complexity index is 289. The first-order valence-electron chi connectivity index (χ1n) is 7.26. The third-order valence-corrected chi connectivity index (χ3v) is 4.53. The highest BCUT2D eigenvalue weighted by Gasteiger charge is 2.42. The fourth-order valence-corrected chi connectivity index (χ4v) is 3.28. The maximum absolute atomic E-state index is 11.6. The number of carboxylic acids is 1. The van der Waals surface area contributed by atoms with Crippen LogP contribution in [0.15, 0.2) is 0 Å². The molecule has 0 bridgehead atoms. The van der Waals surface area contributed by atoms with Gasteiger partial charge in [0.15, 0.2) is 0 Å². The van der Waals surface area contributed by atoms with Gasteiger partial charge in [-0.2, -0.15) is 0 Å². The van der Waals surface area contributed by atoms with Crippen LogP contribution in [-0.2, 0) is 9.53 Å². The first-order valence-corrected chi connectivity index (χ1v) is 7.26. The van der Waals surface area contributed by atoms with Crippen LogP contribution < -0.4 is 5.32 Å². The summed E-state index contributed by atoms with van der Waals surface area (Å²) in [5, 5.41) is 12.9. The fourth-order valence-electron chi connectivity index (χ4n) is 3.28. The van der Waals surface area contributed by atoms with E-state index in [1.54, 1.807) is 0 Å². The zero-order valence-electron chi connectivity index (χ0n) is 11.3. The second-order valence-electron chi connectivity index (χ2n) is 5.77. The molecule has 0 amide bonds. The Labute approximate surface area is 109 Å². The Morgan fingerprint density at radius 2 is 2.28 bits per heavy atom. The van der Waals surface area contributed by atoms with Crippen molar-refractivity contribution in [2.75, 3.05) is 13.2 Å². The Hall–Kier alpha value is -0.610. The highest BCUT2D eigenvalue weighted by molar-refractivity contribution is 5.79. The van der Waals surface area contributed by atoms with Crippen molar-refractivity contribution in [1.82, 2.24) is 5.32 Å². The van der Waals surface area contributed by atoms with Crippen LogP contribution >= 0.6 is 0 Å². The molecule has 1 heterocycles. The number of ether oxygens (including phenoxy) is 1. The summed E-state index contributed by atoms with van der Waals surface area (Å²) < 4.78 is 5.57. The summed E-state index contributed by atoms with van der Waals surface area (Å²) in [6, 6.07) is 0. The number of nitrogens with one attached hydrogen (secondary N) is 1. The van der Waals surface area contributed by atoms with Crippen LogP contribution in [-0.4, -0.2) is 35.9 Å². The van der Waals surface area contributed by atoms with Gasteiger partial charge in [0.05, 0.1) is 6.10 Å². The van der Waals surface area contributed by atoms with Crippen LogP contribution in [0, 0.1) is 5.92 Å². The fraction of sp³-hybridized carbons (Fsp3) is 0.929. The minimum atomic E-state index is -0.703. The predicted molar refractivity (Wildman–Crippen MR) is 69.6 cm³/mol. The Morgan fingerprint density at radius 3 is 2.89 bits per heavy atom. The second-order valence-corrected chi connectivity index (χ2v) is 5.77. The molecule has 104 valence electrons. The molecule has 3 unspecified atom stereocenters. The summed E-state index contributed by atoms with van der Waals surface area (Å²) >= 11 is 0. The average Bonchev–Trinajstić information content (AvgIpc) is 2.89. The van der Waals surface area contributed by atoms with Crippen molar-refractivity contribution in [2.24, 2.45) is 5.92 Å². The molecule has 3 atom stereocenters. The maximum Gasteiger partial charge on any atom is 0.323 e. The molecule has 4 nitrogen and oxygen atoms in total. The van der Waals surface area contributed by atoms with E-state index in [0.29, 0.717) is 12.5 Å². The number of carboxylic acid groups (broad SMARTS) is 1. The summed E-state index contributed by atoms with van der Waals surface area (Å²) in [6.45, 7) is 3.66. The van der Waals surface area contributed by atoms with Gasteiger partial charge in [0.2, 0.25) is 0 Å². The first kappa shape index (κ1) is 13.8. The van der Waals surface area contributed by atoms with E-state index in [4.69, 9.17) is 4.74 Å². The Balaban J connectivity index is 1.94. The summed E-state index contributed by atoms with van der Waals surface area (Å²) in [4.78, 5) is 11.6. The van der Waals surface area contributed by atoms with Crippen molar-refractivity contribution in [3.8, 4) is 0 Å². The van der Waals surface area contributed by atoms with Crippen molar-refractivity contribution in [1.29, 1.82) is 0 Å². The van der Waals surface area contributed by atoms with Crippen molar-refractivity contribution in [3.05, 3.63) is 0 Å². The molecule has 18 heavy (non-hydrogen) atoms. The van der Waals surface area contributed by atoms with Gasteiger partial charge in [-0.15, -0.1) is 0 Å². The van der Waals surface area contributed by atoms with E-state index >= 15 is 0 Å². The zero-order chi connectivity index (χ0) is 13.0. The molecule has 0 aromatic rings. The highest BCUT2D eigenvalue weighted by atomic mass is 16.5. The van der Waals surface area contributed by atoms with Crippen LogP contribution in [0.2, 0.25) is 0 Å². The van der Waals surface area contributed by atoms with E-state index in [1.807, 2.05) is 0 Å². The van der Waals surface area contributed by atoms with Crippen molar-refractivity contribution in [2.45, 2.75) is 63.5 Å². The minimum absolute atomic E-state index is 0.211. The summed E-state index contributed by atoms with van der Waals surface area (Å²) in [5.41, 5.74) is -0.703. The van der Waals surface area contributed by atoms with Gasteiger partial charge in [0.1, 0.15) is 5.54 Å². The molecular formula is C14H25NO3. The maximum atomic E-state index is 11.6. The molecule has 0 aromatic heterocycles. The molecule has 1 aliphatic carbocycles. The van der Waals surface area contributed by atoms with Gasteiger partial charge in [-0.25, -0.2) is 0 Å². The molecule has 1 saturated heterocycles. The number of hydrogen-bond donors (Lipinski definition) is 2. The Kier molecular flexibility index (Phi) is 4.62. The van der Waals surface area contributed by atoms with E-state index in [0.717, 1.165) is 45.1 Å². The average molecular weight is 255 g/mol. The zero-order valence-corrected chi connectivity index (χ0v) is 11.3. The van der Waals surface area contributed by atoms with Crippen LogP contribution in [0.4, 0.5) is 0 Å². The molecule has 1 aliphatic heterocycles. The molecule has 0 aromatic carbocycles. The normalized spacial score (nSPS) is 36.7. The number of hydrogen-bond acceptors (Lipinski definition) is 3. The quantitative estimate of drug-likeness (QED) is 0.790.